The zero-order chi connectivity index (χ0) is 14.9. The highest BCUT2D eigenvalue weighted by molar-refractivity contribution is 9.10. The Morgan fingerprint density at radius 1 is 1.40 bits per heavy atom. The summed E-state index contributed by atoms with van der Waals surface area (Å²) in [5.41, 5.74) is 3.95. The van der Waals surface area contributed by atoms with Gasteiger partial charge in [-0.15, -0.1) is 0 Å². The highest BCUT2D eigenvalue weighted by atomic mass is 79.9. The smallest absolute Gasteiger partial charge is 0.0878 e. The van der Waals surface area contributed by atoms with Crippen LogP contribution in [0.5, 0.6) is 0 Å². The maximum Gasteiger partial charge on any atom is 0.0878 e. The second-order valence-corrected chi connectivity index (χ2v) is 5.70. The number of aromatic nitrogens is 4. The van der Waals surface area contributed by atoms with Crippen LogP contribution in [0.2, 0.25) is 0 Å². The zero-order valence-corrected chi connectivity index (χ0v) is 14.0. The van der Waals surface area contributed by atoms with Gasteiger partial charge in [-0.3, -0.25) is 9.36 Å². The third-order valence-corrected chi connectivity index (χ3v) is 4.63. The Hall–Kier alpha value is -1.14. The first kappa shape index (κ1) is 15.3. The molecule has 0 bridgehead atoms. The summed E-state index contributed by atoms with van der Waals surface area (Å²) in [5.74, 6) is 0. The molecule has 1 atom stereocenters. The van der Waals surface area contributed by atoms with Crippen molar-refractivity contribution in [1.82, 2.24) is 19.6 Å². The zero-order valence-electron chi connectivity index (χ0n) is 12.4. The largest absolute Gasteiger partial charge is 0.388 e. The minimum atomic E-state index is -0.563. The fourth-order valence-corrected chi connectivity index (χ4v) is 3.07. The van der Waals surface area contributed by atoms with Crippen LogP contribution in [-0.4, -0.2) is 24.7 Å². The van der Waals surface area contributed by atoms with Crippen LogP contribution < -0.4 is 0 Å². The van der Waals surface area contributed by atoms with E-state index >= 15 is 0 Å². The van der Waals surface area contributed by atoms with E-state index in [1.54, 1.807) is 10.9 Å². The minimum absolute atomic E-state index is 0.536. The number of halogens is 1. The van der Waals surface area contributed by atoms with Crippen LogP contribution in [0.25, 0.3) is 0 Å². The van der Waals surface area contributed by atoms with Gasteiger partial charge in [-0.05, 0) is 36.2 Å². The summed E-state index contributed by atoms with van der Waals surface area (Å²) >= 11 is 3.61. The Morgan fingerprint density at radius 2 is 2.10 bits per heavy atom. The third-order valence-electron chi connectivity index (χ3n) is 3.71. The molecule has 0 amide bonds. The molecule has 2 rings (SSSR count). The Balaban J connectivity index is 2.30. The Kier molecular flexibility index (Phi) is 4.65. The predicted molar refractivity (Wildman–Crippen MR) is 81.6 cm³/mol. The van der Waals surface area contributed by atoms with E-state index in [1.807, 2.05) is 18.7 Å². The molecule has 110 valence electrons. The van der Waals surface area contributed by atoms with Gasteiger partial charge in [-0.25, -0.2) is 0 Å². The second-order valence-electron chi connectivity index (χ2n) is 4.91. The summed E-state index contributed by atoms with van der Waals surface area (Å²) in [6.45, 7) is 6.91. The van der Waals surface area contributed by atoms with E-state index in [0.717, 1.165) is 40.1 Å². The van der Waals surface area contributed by atoms with Crippen LogP contribution in [0.4, 0.5) is 0 Å². The standard InChI is InChI=1S/C14H21BrN4O/c1-5-11-14(15)12(19(6-2)17-11)7-13(20)10-8-16-18(4)9(10)3/h8,13,20H,5-7H2,1-4H3. The van der Waals surface area contributed by atoms with Crippen molar-refractivity contribution in [2.45, 2.75) is 46.3 Å². The van der Waals surface area contributed by atoms with E-state index in [-0.39, 0.29) is 0 Å². The molecule has 0 saturated heterocycles. The Morgan fingerprint density at radius 3 is 2.60 bits per heavy atom. The average molecular weight is 341 g/mol. The molecule has 0 aromatic carbocycles. The first-order chi connectivity index (χ1) is 9.49. The summed E-state index contributed by atoms with van der Waals surface area (Å²) < 4.78 is 4.75. The maximum atomic E-state index is 10.5. The van der Waals surface area contributed by atoms with Gasteiger partial charge in [0, 0.05) is 31.3 Å². The first-order valence-corrected chi connectivity index (χ1v) is 7.69. The molecule has 0 aliphatic carbocycles. The molecule has 2 heterocycles. The van der Waals surface area contributed by atoms with Crippen molar-refractivity contribution in [3.8, 4) is 0 Å². The summed E-state index contributed by atoms with van der Waals surface area (Å²) in [6.07, 6.45) is 2.59. The number of aliphatic hydroxyl groups excluding tert-OH is 1. The van der Waals surface area contributed by atoms with Crippen LogP contribution in [0.15, 0.2) is 10.7 Å². The van der Waals surface area contributed by atoms with Gasteiger partial charge in [0.1, 0.15) is 0 Å². The van der Waals surface area contributed by atoms with Gasteiger partial charge < -0.3 is 5.11 Å². The third kappa shape index (κ3) is 2.67. The number of nitrogens with zero attached hydrogens (tertiary/aromatic N) is 4. The normalized spacial score (nSPS) is 12.9. The van der Waals surface area contributed by atoms with Crippen LogP contribution in [0, 0.1) is 6.92 Å². The quantitative estimate of drug-likeness (QED) is 0.909. The van der Waals surface area contributed by atoms with Gasteiger partial charge in [0.2, 0.25) is 0 Å². The molecule has 5 nitrogen and oxygen atoms in total. The van der Waals surface area contributed by atoms with E-state index in [9.17, 15) is 5.11 Å². The highest BCUT2D eigenvalue weighted by Crippen LogP contribution is 2.28. The lowest BCUT2D eigenvalue weighted by atomic mass is 10.1. The summed E-state index contributed by atoms with van der Waals surface area (Å²) in [4.78, 5) is 0. The second kappa shape index (κ2) is 6.10. The lowest BCUT2D eigenvalue weighted by molar-refractivity contribution is 0.174. The first-order valence-electron chi connectivity index (χ1n) is 6.90. The van der Waals surface area contributed by atoms with Gasteiger partial charge >= 0.3 is 0 Å². The fraction of sp³-hybridized carbons (Fsp3) is 0.571. The highest BCUT2D eigenvalue weighted by Gasteiger charge is 2.20. The molecule has 2 aromatic rings. The van der Waals surface area contributed by atoms with Crippen LogP contribution in [0.3, 0.4) is 0 Å². The lowest BCUT2D eigenvalue weighted by Crippen LogP contribution is -2.09. The number of aryl methyl sites for hydroxylation is 3. The molecule has 0 aliphatic rings. The topological polar surface area (TPSA) is 55.9 Å². The lowest BCUT2D eigenvalue weighted by Gasteiger charge is -2.12. The van der Waals surface area contributed by atoms with Gasteiger partial charge in [-0.1, -0.05) is 6.92 Å². The fourth-order valence-electron chi connectivity index (χ4n) is 2.35. The number of rotatable bonds is 5. The summed E-state index contributed by atoms with van der Waals surface area (Å²) in [5, 5.41) is 19.2. The van der Waals surface area contributed by atoms with Crippen molar-refractivity contribution in [3.05, 3.63) is 33.3 Å². The number of aliphatic hydroxyl groups is 1. The summed E-state index contributed by atoms with van der Waals surface area (Å²) in [6, 6.07) is 0. The van der Waals surface area contributed by atoms with E-state index in [1.165, 1.54) is 0 Å². The van der Waals surface area contributed by atoms with Gasteiger partial charge in [-0.2, -0.15) is 10.2 Å². The van der Waals surface area contributed by atoms with E-state index in [4.69, 9.17) is 0 Å². The SMILES string of the molecule is CCc1nn(CC)c(CC(O)c2cnn(C)c2C)c1Br. The molecule has 20 heavy (non-hydrogen) atoms. The van der Waals surface area contributed by atoms with Gasteiger partial charge in [0.05, 0.1) is 28.2 Å². The van der Waals surface area contributed by atoms with E-state index in [0.29, 0.717) is 6.42 Å². The van der Waals surface area contributed by atoms with Crippen molar-refractivity contribution >= 4 is 15.9 Å². The van der Waals surface area contributed by atoms with Crippen molar-refractivity contribution in [3.63, 3.8) is 0 Å². The number of hydrogen-bond donors (Lipinski definition) is 1. The number of hydrogen-bond acceptors (Lipinski definition) is 3. The van der Waals surface area contributed by atoms with Crippen molar-refractivity contribution in [1.29, 1.82) is 0 Å². The molecule has 6 heteroatoms. The van der Waals surface area contributed by atoms with Crippen LogP contribution in [-0.2, 0) is 26.4 Å². The van der Waals surface area contributed by atoms with Crippen LogP contribution >= 0.6 is 15.9 Å². The Labute approximate surface area is 127 Å². The molecule has 0 fully saturated rings. The van der Waals surface area contributed by atoms with E-state index in [2.05, 4.69) is 40.0 Å². The van der Waals surface area contributed by atoms with Gasteiger partial charge in [0.25, 0.3) is 0 Å². The molecular weight excluding hydrogens is 320 g/mol. The monoisotopic (exact) mass is 340 g/mol. The minimum Gasteiger partial charge on any atom is -0.388 e. The maximum absolute atomic E-state index is 10.5. The molecule has 0 saturated carbocycles. The molecule has 2 aromatic heterocycles. The van der Waals surface area contributed by atoms with Crippen molar-refractivity contribution in [2.24, 2.45) is 7.05 Å². The van der Waals surface area contributed by atoms with Crippen molar-refractivity contribution in [2.75, 3.05) is 0 Å². The van der Waals surface area contributed by atoms with Gasteiger partial charge in [0.15, 0.2) is 0 Å². The molecular formula is C14H21BrN4O. The Bertz CT molecular complexity index is 603. The molecule has 0 radical (unpaired) electrons. The van der Waals surface area contributed by atoms with Crippen LogP contribution in [0.1, 0.15) is 42.6 Å². The predicted octanol–water partition coefficient (Wildman–Crippen LogP) is 2.55. The summed E-state index contributed by atoms with van der Waals surface area (Å²) in [7, 11) is 1.88. The average Bonchev–Trinajstić information content (AvgIpc) is 2.92. The van der Waals surface area contributed by atoms with E-state index < -0.39 is 6.10 Å². The molecule has 1 unspecified atom stereocenters. The molecule has 0 spiro atoms. The molecule has 0 aliphatic heterocycles. The van der Waals surface area contributed by atoms with Crippen molar-refractivity contribution < 1.29 is 5.11 Å². The molecule has 1 N–H and O–H groups in total.